The van der Waals surface area contributed by atoms with Crippen LogP contribution in [0, 0.1) is 0 Å². The van der Waals surface area contributed by atoms with Crippen molar-refractivity contribution in [3.63, 3.8) is 0 Å². The van der Waals surface area contributed by atoms with Crippen LogP contribution in [0.5, 0.6) is 5.75 Å². The van der Waals surface area contributed by atoms with Gasteiger partial charge in [0.1, 0.15) is 5.75 Å². The molecule has 0 aliphatic carbocycles. The number of allylic oxidation sites excluding steroid dienone is 1. The zero-order chi connectivity index (χ0) is 23.1. The number of benzene rings is 2. The highest BCUT2D eigenvalue weighted by atomic mass is 35.5. The molecule has 32 heavy (non-hydrogen) atoms. The predicted octanol–water partition coefficient (Wildman–Crippen LogP) is 3.23. The van der Waals surface area contributed by atoms with E-state index in [1.807, 2.05) is 30.3 Å². The molecule has 0 bridgehead atoms. The molecule has 3 amide bonds. The molecule has 2 aromatic rings. The molecule has 1 aliphatic heterocycles. The number of rotatable bonds is 8. The Bertz CT molecular complexity index is 1040. The average Bonchev–Trinajstić information content (AvgIpc) is 2.77. The van der Waals surface area contributed by atoms with Gasteiger partial charge >= 0.3 is 12.0 Å². The van der Waals surface area contributed by atoms with Crippen LogP contribution in [-0.4, -0.2) is 31.1 Å². The molecule has 3 N–H and O–H groups in total. The number of amides is 3. The summed E-state index contributed by atoms with van der Waals surface area (Å²) in [6.45, 7) is 3.57. The van der Waals surface area contributed by atoms with E-state index in [-0.39, 0.29) is 19.1 Å². The summed E-state index contributed by atoms with van der Waals surface area (Å²) < 4.78 is 10.5. The Hall–Kier alpha value is -3.52. The van der Waals surface area contributed by atoms with Crippen molar-refractivity contribution >= 4 is 29.5 Å². The molecule has 0 spiro atoms. The van der Waals surface area contributed by atoms with E-state index >= 15 is 0 Å². The third kappa shape index (κ3) is 5.79. The minimum Gasteiger partial charge on any atom is -0.482 e. The Labute approximate surface area is 190 Å². The van der Waals surface area contributed by atoms with Gasteiger partial charge in [-0.05, 0) is 37.6 Å². The van der Waals surface area contributed by atoms with Gasteiger partial charge < -0.3 is 25.4 Å². The van der Waals surface area contributed by atoms with Crippen LogP contribution in [0.1, 0.15) is 31.0 Å². The molecule has 0 saturated carbocycles. The van der Waals surface area contributed by atoms with E-state index in [0.29, 0.717) is 34.2 Å². The fourth-order valence-corrected chi connectivity index (χ4v) is 3.50. The Morgan fingerprint density at radius 2 is 1.91 bits per heavy atom. The van der Waals surface area contributed by atoms with Crippen LogP contribution in [0.3, 0.4) is 0 Å². The van der Waals surface area contributed by atoms with Crippen LogP contribution in [0.25, 0.3) is 0 Å². The van der Waals surface area contributed by atoms with Gasteiger partial charge in [0, 0.05) is 22.8 Å². The van der Waals surface area contributed by atoms with Gasteiger partial charge in [0.15, 0.2) is 6.61 Å². The molecular weight excluding hydrogens is 434 g/mol. The van der Waals surface area contributed by atoms with Crippen molar-refractivity contribution in [2.45, 2.75) is 26.4 Å². The third-order valence-corrected chi connectivity index (χ3v) is 4.98. The van der Waals surface area contributed by atoms with Gasteiger partial charge in [0.25, 0.3) is 5.91 Å². The highest BCUT2D eigenvalue weighted by molar-refractivity contribution is 6.30. The number of ether oxygens (including phenoxy) is 2. The largest absolute Gasteiger partial charge is 0.482 e. The number of hydrogen-bond acceptors (Lipinski definition) is 5. The summed E-state index contributed by atoms with van der Waals surface area (Å²) >= 11 is 6.20. The van der Waals surface area contributed by atoms with Crippen LogP contribution in [0.4, 0.5) is 4.79 Å². The summed E-state index contributed by atoms with van der Waals surface area (Å²) in [7, 11) is 0. The molecular formula is C23H24ClN3O5. The zero-order valence-electron chi connectivity index (χ0n) is 17.7. The molecule has 0 saturated heterocycles. The highest BCUT2D eigenvalue weighted by Gasteiger charge is 2.33. The number of halogens is 1. The van der Waals surface area contributed by atoms with Gasteiger partial charge in [-0.25, -0.2) is 9.59 Å². The molecule has 2 aromatic carbocycles. The maximum absolute atomic E-state index is 13.1. The predicted molar refractivity (Wildman–Crippen MR) is 119 cm³/mol. The lowest BCUT2D eigenvalue weighted by Crippen LogP contribution is -2.47. The number of urea groups is 1. The van der Waals surface area contributed by atoms with E-state index in [2.05, 4.69) is 16.0 Å². The number of carbonyl (C=O) groups excluding carboxylic acids is 3. The maximum Gasteiger partial charge on any atom is 0.344 e. The second-order valence-electron chi connectivity index (χ2n) is 7.01. The first-order chi connectivity index (χ1) is 15.4. The lowest BCUT2D eigenvalue weighted by molar-refractivity contribution is -0.145. The van der Waals surface area contributed by atoms with Gasteiger partial charge in [-0.15, -0.1) is 0 Å². The minimum absolute atomic E-state index is 0.230. The molecule has 1 atom stereocenters. The Kier molecular flexibility index (Phi) is 7.72. The van der Waals surface area contributed by atoms with Crippen molar-refractivity contribution < 1.29 is 23.9 Å². The van der Waals surface area contributed by atoms with Crippen LogP contribution in [-0.2, 0) is 20.9 Å². The molecule has 8 nitrogen and oxygen atoms in total. The first-order valence-corrected chi connectivity index (χ1v) is 10.4. The zero-order valence-corrected chi connectivity index (χ0v) is 18.5. The van der Waals surface area contributed by atoms with E-state index in [4.69, 9.17) is 21.1 Å². The first kappa shape index (κ1) is 23.1. The standard InChI is InChI=1S/C23H24ClN3O5/c1-3-31-19(28)13-32-18-10-9-16(24)11-17(18)21-20(14(2)26-23(30)27-21)22(29)25-12-15-7-5-4-6-8-15/h4-11,21H,3,12-13H2,1-2H3,(H,25,29)(H2,26,27,30)/t21-/m0/s1. The van der Waals surface area contributed by atoms with Crippen molar-refractivity contribution in [3.8, 4) is 5.75 Å². The van der Waals surface area contributed by atoms with Gasteiger partial charge in [-0.1, -0.05) is 41.9 Å². The van der Waals surface area contributed by atoms with Gasteiger partial charge in [-0.3, -0.25) is 4.79 Å². The van der Waals surface area contributed by atoms with Crippen molar-refractivity contribution in [2.75, 3.05) is 13.2 Å². The fourth-order valence-electron chi connectivity index (χ4n) is 3.32. The lowest BCUT2D eigenvalue weighted by Gasteiger charge is -2.30. The van der Waals surface area contributed by atoms with Crippen LogP contribution in [0.15, 0.2) is 59.8 Å². The summed E-state index contributed by atoms with van der Waals surface area (Å²) in [4.78, 5) is 37.1. The quantitative estimate of drug-likeness (QED) is 0.528. The summed E-state index contributed by atoms with van der Waals surface area (Å²) in [6, 6.07) is 12.9. The fraction of sp³-hybridized carbons (Fsp3) is 0.261. The third-order valence-electron chi connectivity index (χ3n) is 4.74. The van der Waals surface area contributed by atoms with Crippen LogP contribution >= 0.6 is 11.6 Å². The Morgan fingerprint density at radius 3 is 2.62 bits per heavy atom. The lowest BCUT2D eigenvalue weighted by atomic mass is 9.94. The summed E-state index contributed by atoms with van der Waals surface area (Å²) in [5, 5.41) is 8.64. The van der Waals surface area contributed by atoms with E-state index in [0.717, 1.165) is 5.56 Å². The van der Waals surface area contributed by atoms with Crippen molar-refractivity contribution in [1.29, 1.82) is 0 Å². The van der Waals surface area contributed by atoms with Crippen molar-refractivity contribution in [3.05, 3.63) is 76.0 Å². The monoisotopic (exact) mass is 457 g/mol. The molecule has 0 fully saturated rings. The molecule has 1 aliphatic rings. The number of hydrogen-bond donors (Lipinski definition) is 3. The van der Waals surface area contributed by atoms with E-state index in [1.54, 1.807) is 32.0 Å². The van der Waals surface area contributed by atoms with Crippen molar-refractivity contribution in [2.24, 2.45) is 0 Å². The number of carbonyl (C=O) groups is 3. The van der Waals surface area contributed by atoms with Gasteiger partial charge in [-0.2, -0.15) is 0 Å². The second kappa shape index (κ2) is 10.7. The molecule has 3 rings (SSSR count). The summed E-state index contributed by atoms with van der Waals surface area (Å²) in [5.41, 5.74) is 2.09. The van der Waals surface area contributed by atoms with E-state index in [9.17, 15) is 14.4 Å². The Morgan fingerprint density at radius 1 is 1.16 bits per heavy atom. The molecule has 0 radical (unpaired) electrons. The number of esters is 1. The Balaban J connectivity index is 1.89. The summed E-state index contributed by atoms with van der Waals surface area (Å²) in [6.07, 6.45) is 0. The first-order valence-electron chi connectivity index (χ1n) is 10.1. The minimum atomic E-state index is -0.838. The maximum atomic E-state index is 13.1. The normalized spacial score (nSPS) is 15.5. The van der Waals surface area contributed by atoms with E-state index in [1.165, 1.54) is 0 Å². The van der Waals surface area contributed by atoms with Crippen molar-refractivity contribution in [1.82, 2.24) is 16.0 Å². The highest BCUT2D eigenvalue weighted by Crippen LogP contribution is 2.35. The molecule has 0 aromatic heterocycles. The second-order valence-corrected chi connectivity index (χ2v) is 7.45. The van der Waals surface area contributed by atoms with Gasteiger partial charge in [0.05, 0.1) is 18.2 Å². The number of nitrogens with one attached hydrogen (secondary N) is 3. The molecule has 168 valence electrons. The van der Waals surface area contributed by atoms with Crippen LogP contribution < -0.4 is 20.7 Å². The topological polar surface area (TPSA) is 106 Å². The smallest absolute Gasteiger partial charge is 0.344 e. The van der Waals surface area contributed by atoms with E-state index < -0.39 is 18.0 Å². The van der Waals surface area contributed by atoms with Gasteiger partial charge in [0.2, 0.25) is 0 Å². The summed E-state index contributed by atoms with van der Waals surface area (Å²) in [5.74, 6) is -0.591. The molecule has 1 heterocycles. The van der Waals surface area contributed by atoms with Crippen LogP contribution in [0.2, 0.25) is 5.02 Å². The average molecular weight is 458 g/mol. The molecule has 9 heteroatoms. The molecule has 0 unspecified atom stereocenters. The SMILES string of the molecule is CCOC(=O)COc1ccc(Cl)cc1[C@@H]1NC(=O)NC(C)=C1C(=O)NCc1ccccc1.